The molecular weight excluding hydrogens is 448 g/mol. The molecule has 1 aromatic carbocycles. The number of ether oxygens (including phenoxy) is 2. The number of anilines is 1. The van der Waals surface area contributed by atoms with E-state index < -0.39 is 11.7 Å². The van der Waals surface area contributed by atoms with Crippen molar-refractivity contribution in [3.8, 4) is 5.69 Å². The number of rotatable bonds is 1. The zero-order valence-corrected chi connectivity index (χ0v) is 20.3. The van der Waals surface area contributed by atoms with Gasteiger partial charge in [-0.3, -0.25) is 9.47 Å². The maximum Gasteiger partial charge on any atom is 0.410 e. The largest absolute Gasteiger partial charge is 0.453 e. The van der Waals surface area contributed by atoms with E-state index in [0.29, 0.717) is 49.5 Å². The van der Waals surface area contributed by atoms with Crippen LogP contribution < -0.4 is 4.90 Å². The highest BCUT2D eigenvalue weighted by Crippen LogP contribution is 2.35. The number of hydrogen-bond acceptors (Lipinski definition) is 7. The zero-order chi connectivity index (χ0) is 23.9. The minimum atomic E-state index is -0.537. The van der Waals surface area contributed by atoms with Crippen LogP contribution in [0.15, 0.2) is 18.2 Å². The molecule has 10 nitrogen and oxygen atoms in total. The number of hydrogen-bond donors (Lipinski definition) is 0. The van der Waals surface area contributed by atoms with Crippen molar-refractivity contribution in [2.24, 2.45) is 0 Å². The van der Waals surface area contributed by atoms with E-state index in [1.807, 2.05) is 50.5 Å². The molecule has 2 aliphatic heterocycles. The monoisotopic (exact) mass is 476 g/mol. The number of carbonyl (C=O) groups excluding carboxylic acids is 2. The highest BCUT2D eigenvalue weighted by atomic mass is 35.5. The van der Waals surface area contributed by atoms with Crippen LogP contribution in [-0.4, -0.2) is 75.6 Å². The number of halogens is 1. The Bertz CT molecular complexity index is 1060. The molecule has 11 heteroatoms. The quantitative estimate of drug-likeness (QED) is 0.620. The van der Waals surface area contributed by atoms with Gasteiger partial charge in [0.05, 0.1) is 25.4 Å². The van der Waals surface area contributed by atoms with Gasteiger partial charge in [-0.15, -0.1) is 10.2 Å². The van der Waals surface area contributed by atoms with Crippen molar-refractivity contribution in [2.45, 2.75) is 45.9 Å². The first-order chi connectivity index (χ1) is 15.6. The van der Waals surface area contributed by atoms with Gasteiger partial charge in [0.2, 0.25) is 5.95 Å². The molecule has 1 fully saturated rings. The molecule has 0 spiro atoms. The minimum absolute atomic E-state index is 0.315. The molecule has 1 unspecified atom stereocenters. The number of aromatic nitrogens is 3. The van der Waals surface area contributed by atoms with Gasteiger partial charge in [0.15, 0.2) is 5.82 Å². The van der Waals surface area contributed by atoms with Gasteiger partial charge in [-0.1, -0.05) is 11.6 Å². The summed E-state index contributed by atoms with van der Waals surface area (Å²) in [6.07, 6.45) is -0.762. The summed E-state index contributed by atoms with van der Waals surface area (Å²) < 4.78 is 12.5. The third kappa shape index (κ3) is 4.57. The Morgan fingerprint density at radius 3 is 2.42 bits per heavy atom. The summed E-state index contributed by atoms with van der Waals surface area (Å²) >= 11 is 6.27. The first-order valence-corrected chi connectivity index (χ1v) is 11.3. The van der Waals surface area contributed by atoms with E-state index in [9.17, 15) is 9.59 Å². The van der Waals surface area contributed by atoms with E-state index in [1.165, 1.54) is 7.11 Å². The van der Waals surface area contributed by atoms with Crippen molar-refractivity contribution in [2.75, 3.05) is 38.2 Å². The Morgan fingerprint density at radius 1 is 1.09 bits per heavy atom. The molecule has 4 rings (SSSR count). The molecule has 1 aromatic heterocycles. The van der Waals surface area contributed by atoms with E-state index in [0.717, 1.165) is 11.3 Å². The lowest BCUT2D eigenvalue weighted by atomic mass is 10.1. The van der Waals surface area contributed by atoms with Crippen molar-refractivity contribution < 1.29 is 19.1 Å². The first-order valence-electron chi connectivity index (χ1n) is 10.9. The summed E-state index contributed by atoms with van der Waals surface area (Å²) in [6, 6.07) is 5.21. The Kier molecular flexibility index (Phi) is 6.13. The van der Waals surface area contributed by atoms with Crippen LogP contribution in [0.25, 0.3) is 5.69 Å². The fraction of sp³-hybridized carbons (Fsp3) is 0.545. The topological polar surface area (TPSA) is 93.0 Å². The molecule has 0 bridgehead atoms. The van der Waals surface area contributed by atoms with Crippen molar-refractivity contribution in [3.05, 3.63) is 34.6 Å². The number of fused-ring (bicyclic) bond motifs is 3. The third-order valence-corrected chi connectivity index (χ3v) is 5.99. The molecule has 178 valence electrons. The Balaban J connectivity index is 1.65. The van der Waals surface area contributed by atoms with E-state index >= 15 is 0 Å². The zero-order valence-electron chi connectivity index (χ0n) is 19.5. The molecule has 3 heterocycles. The molecule has 1 atom stereocenters. The van der Waals surface area contributed by atoms with Crippen LogP contribution in [0.3, 0.4) is 0 Å². The predicted molar refractivity (Wildman–Crippen MR) is 123 cm³/mol. The predicted octanol–water partition coefficient (Wildman–Crippen LogP) is 3.62. The molecular formula is C22H29ClN6O4. The van der Waals surface area contributed by atoms with Crippen molar-refractivity contribution in [1.82, 2.24) is 24.6 Å². The number of nitrogens with zero attached hydrogens (tertiary/aromatic N) is 6. The maximum absolute atomic E-state index is 12.5. The average molecular weight is 477 g/mol. The van der Waals surface area contributed by atoms with Gasteiger partial charge < -0.3 is 19.3 Å². The second-order valence-electron chi connectivity index (χ2n) is 9.19. The van der Waals surface area contributed by atoms with Gasteiger partial charge in [0, 0.05) is 31.2 Å². The van der Waals surface area contributed by atoms with Gasteiger partial charge in [0.1, 0.15) is 5.60 Å². The van der Waals surface area contributed by atoms with Gasteiger partial charge >= 0.3 is 12.2 Å². The van der Waals surface area contributed by atoms with Crippen LogP contribution in [0.1, 0.15) is 45.1 Å². The van der Waals surface area contributed by atoms with E-state index in [1.54, 1.807) is 9.80 Å². The molecule has 0 aliphatic carbocycles. The van der Waals surface area contributed by atoms with Crippen molar-refractivity contribution in [3.63, 3.8) is 0 Å². The lowest BCUT2D eigenvalue weighted by molar-refractivity contribution is 0.0240. The van der Waals surface area contributed by atoms with Crippen molar-refractivity contribution in [1.29, 1.82) is 0 Å². The van der Waals surface area contributed by atoms with Gasteiger partial charge in [0.25, 0.3) is 0 Å². The van der Waals surface area contributed by atoms with Gasteiger partial charge in [-0.2, -0.15) is 0 Å². The normalized spacial score (nSPS) is 18.4. The van der Waals surface area contributed by atoms with E-state index in [-0.39, 0.29) is 12.1 Å². The SMILES string of the molecule is COC(=O)N1Cc2cc(Cl)ccc2-n2c(nnc2N2CCN(C(=O)OC(C)(C)C)CC2)C1C. The van der Waals surface area contributed by atoms with Crippen molar-refractivity contribution >= 4 is 29.7 Å². The Morgan fingerprint density at radius 2 is 1.79 bits per heavy atom. The number of benzene rings is 1. The summed E-state index contributed by atoms with van der Waals surface area (Å²) in [6.45, 7) is 9.97. The smallest absolute Gasteiger partial charge is 0.410 e. The Labute approximate surface area is 198 Å². The maximum atomic E-state index is 12.5. The molecule has 2 amide bonds. The molecule has 2 aliphatic rings. The molecule has 2 aromatic rings. The van der Waals surface area contributed by atoms with Crippen LogP contribution >= 0.6 is 11.6 Å². The van der Waals surface area contributed by atoms with Crippen LogP contribution in [0.4, 0.5) is 15.5 Å². The van der Waals surface area contributed by atoms with Gasteiger partial charge in [-0.25, -0.2) is 9.59 Å². The summed E-state index contributed by atoms with van der Waals surface area (Å²) in [5, 5.41) is 9.50. The fourth-order valence-corrected chi connectivity index (χ4v) is 4.30. The highest BCUT2D eigenvalue weighted by Gasteiger charge is 2.35. The number of methoxy groups -OCH3 is 1. The summed E-state index contributed by atoms with van der Waals surface area (Å²) in [5.74, 6) is 1.29. The number of amides is 2. The lowest BCUT2D eigenvalue weighted by Gasteiger charge is -2.36. The van der Waals surface area contributed by atoms with Crippen LogP contribution in [0, 0.1) is 0 Å². The summed E-state index contributed by atoms with van der Waals surface area (Å²) in [7, 11) is 1.36. The van der Waals surface area contributed by atoms with Crippen LogP contribution in [0.5, 0.6) is 0 Å². The van der Waals surface area contributed by atoms with Crippen LogP contribution in [-0.2, 0) is 16.0 Å². The molecule has 0 radical (unpaired) electrons. The summed E-state index contributed by atoms with van der Waals surface area (Å²) in [5.41, 5.74) is 1.19. The second-order valence-corrected chi connectivity index (χ2v) is 9.63. The lowest BCUT2D eigenvalue weighted by Crippen LogP contribution is -2.50. The highest BCUT2D eigenvalue weighted by molar-refractivity contribution is 6.30. The van der Waals surface area contributed by atoms with E-state index in [2.05, 4.69) is 15.1 Å². The molecule has 0 saturated carbocycles. The third-order valence-electron chi connectivity index (χ3n) is 5.76. The number of piperazine rings is 1. The molecule has 33 heavy (non-hydrogen) atoms. The van der Waals surface area contributed by atoms with Crippen LogP contribution in [0.2, 0.25) is 5.02 Å². The van der Waals surface area contributed by atoms with E-state index in [4.69, 9.17) is 21.1 Å². The second kappa shape index (κ2) is 8.74. The molecule has 1 saturated heterocycles. The fourth-order valence-electron chi connectivity index (χ4n) is 4.11. The average Bonchev–Trinajstić information content (AvgIpc) is 3.16. The van der Waals surface area contributed by atoms with Gasteiger partial charge in [-0.05, 0) is 51.5 Å². The Hall–Kier alpha value is -3.01. The summed E-state index contributed by atoms with van der Waals surface area (Å²) in [4.78, 5) is 30.3. The first kappa shape index (κ1) is 23.2. The number of carbonyl (C=O) groups is 2. The minimum Gasteiger partial charge on any atom is -0.453 e. The standard InChI is InChI=1S/C22H29ClN6O4/c1-14-18-24-25-19(26-8-10-27(11-9-26)20(30)33-22(2,3)4)29(18)17-7-6-16(23)12-15(17)13-28(14)21(31)32-5/h6-7,12,14H,8-11,13H2,1-5H3. The molecule has 0 N–H and O–H groups in total.